The molecule has 0 radical (unpaired) electrons. The predicted octanol–water partition coefficient (Wildman–Crippen LogP) is 2.99. The molecule has 0 atom stereocenters. The maximum Gasteiger partial charge on any atom is 0.238 e. The smallest absolute Gasteiger partial charge is 0.238 e. The van der Waals surface area contributed by atoms with Crippen molar-refractivity contribution >= 4 is 22.6 Å². The van der Waals surface area contributed by atoms with E-state index in [1.807, 2.05) is 4.68 Å². The van der Waals surface area contributed by atoms with Crippen LogP contribution in [-0.2, 0) is 4.79 Å². The Balaban J connectivity index is 1.34. The van der Waals surface area contributed by atoms with Gasteiger partial charge in [-0.25, -0.2) is 13.5 Å². The molecule has 8 heteroatoms. The first-order valence-corrected chi connectivity index (χ1v) is 8.87. The van der Waals surface area contributed by atoms with Crippen LogP contribution in [0.25, 0.3) is 11.0 Å². The van der Waals surface area contributed by atoms with E-state index in [1.54, 1.807) is 18.2 Å². The highest BCUT2D eigenvalue weighted by molar-refractivity contribution is 5.92. The van der Waals surface area contributed by atoms with Crippen LogP contribution in [0.4, 0.5) is 14.5 Å². The number of amides is 1. The second-order valence-electron chi connectivity index (χ2n) is 6.73. The fraction of sp³-hybridized carbons (Fsp3) is 0.316. The summed E-state index contributed by atoms with van der Waals surface area (Å²) < 4.78 is 28.3. The van der Waals surface area contributed by atoms with Gasteiger partial charge in [-0.2, -0.15) is 0 Å². The number of nitrogens with zero attached hydrogens (tertiary/aromatic N) is 4. The van der Waals surface area contributed by atoms with Crippen molar-refractivity contribution in [3.05, 3.63) is 54.1 Å². The van der Waals surface area contributed by atoms with Crippen LogP contribution >= 0.6 is 0 Å². The summed E-state index contributed by atoms with van der Waals surface area (Å²) in [5.74, 6) is -0.872. The van der Waals surface area contributed by atoms with E-state index in [1.165, 1.54) is 24.3 Å². The lowest BCUT2D eigenvalue weighted by atomic mass is 10.0. The number of hydrogen-bond acceptors (Lipinski definition) is 4. The third kappa shape index (κ3) is 3.95. The Kier molecular flexibility index (Phi) is 4.81. The van der Waals surface area contributed by atoms with Crippen LogP contribution in [0.5, 0.6) is 0 Å². The van der Waals surface area contributed by atoms with E-state index < -0.39 is 0 Å². The average molecular weight is 371 g/mol. The number of carbonyl (C=O) groups excluding carboxylic acids is 1. The number of piperidine rings is 1. The van der Waals surface area contributed by atoms with Gasteiger partial charge >= 0.3 is 0 Å². The molecule has 0 saturated carbocycles. The number of anilines is 1. The van der Waals surface area contributed by atoms with Crippen molar-refractivity contribution in [1.82, 2.24) is 19.9 Å². The third-order valence-electron chi connectivity index (χ3n) is 4.81. The average Bonchev–Trinajstić information content (AvgIpc) is 3.05. The number of carbonyl (C=O) groups is 1. The molecule has 0 unspecified atom stereocenters. The maximum atomic E-state index is 13.3. The zero-order valence-corrected chi connectivity index (χ0v) is 14.6. The van der Waals surface area contributed by atoms with Crippen molar-refractivity contribution in [3.8, 4) is 0 Å². The fourth-order valence-corrected chi connectivity index (χ4v) is 3.48. The lowest BCUT2D eigenvalue weighted by Gasteiger charge is -2.31. The topological polar surface area (TPSA) is 63.1 Å². The Labute approximate surface area is 154 Å². The summed E-state index contributed by atoms with van der Waals surface area (Å²) in [7, 11) is 0. The molecule has 0 spiro atoms. The number of halogens is 2. The van der Waals surface area contributed by atoms with Crippen LogP contribution in [0.3, 0.4) is 0 Å². The van der Waals surface area contributed by atoms with Crippen LogP contribution in [0, 0.1) is 11.6 Å². The third-order valence-corrected chi connectivity index (χ3v) is 4.81. The van der Waals surface area contributed by atoms with Crippen molar-refractivity contribution in [1.29, 1.82) is 0 Å². The van der Waals surface area contributed by atoms with E-state index in [9.17, 15) is 13.6 Å². The molecular weight excluding hydrogens is 352 g/mol. The normalized spacial score (nSPS) is 15.9. The van der Waals surface area contributed by atoms with Gasteiger partial charge in [-0.05, 0) is 43.2 Å². The van der Waals surface area contributed by atoms with Crippen LogP contribution in [0.2, 0.25) is 0 Å². The molecule has 1 aliphatic heterocycles. The van der Waals surface area contributed by atoms with Gasteiger partial charge in [0.2, 0.25) is 5.91 Å². The molecule has 2 heterocycles. The largest absolute Gasteiger partial charge is 0.325 e. The summed E-state index contributed by atoms with van der Waals surface area (Å²) in [5, 5.41) is 10.9. The Bertz CT molecular complexity index is 966. The molecule has 3 aromatic rings. The molecule has 4 rings (SSSR count). The number of likely N-dealkylation sites (tertiary alicyclic amines) is 1. The molecule has 1 aromatic heterocycles. The molecule has 27 heavy (non-hydrogen) atoms. The summed E-state index contributed by atoms with van der Waals surface area (Å²) in [6.45, 7) is 1.74. The van der Waals surface area contributed by atoms with Gasteiger partial charge in [-0.3, -0.25) is 9.69 Å². The van der Waals surface area contributed by atoms with Crippen molar-refractivity contribution < 1.29 is 13.6 Å². The van der Waals surface area contributed by atoms with Crippen LogP contribution in [0.1, 0.15) is 18.9 Å². The van der Waals surface area contributed by atoms with E-state index in [0.717, 1.165) is 31.4 Å². The predicted molar refractivity (Wildman–Crippen MR) is 97.2 cm³/mol. The highest BCUT2D eigenvalue weighted by atomic mass is 19.1. The lowest BCUT2D eigenvalue weighted by Crippen LogP contribution is -2.39. The van der Waals surface area contributed by atoms with Crippen molar-refractivity contribution in [3.63, 3.8) is 0 Å². The zero-order valence-electron chi connectivity index (χ0n) is 14.6. The first-order chi connectivity index (χ1) is 13.1. The molecule has 2 aromatic carbocycles. The van der Waals surface area contributed by atoms with E-state index in [4.69, 9.17) is 0 Å². The quantitative estimate of drug-likeness (QED) is 0.766. The lowest BCUT2D eigenvalue weighted by molar-refractivity contribution is -0.117. The number of benzene rings is 2. The number of nitrogens with one attached hydrogen (secondary N) is 1. The van der Waals surface area contributed by atoms with E-state index >= 15 is 0 Å². The highest BCUT2D eigenvalue weighted by Crippen LogP contribution is 2.25. The maximum absolute atomic E-state index is 13.3. The van der Waals surface area contributed by atoms with Crippen LogP contribution < -0.4 is 5.32 Å². The second kappa shape index (κ2) is 7.40. The molecule has 0 bridgehead atoms. The SMILES string of the molecule is O=C(CN1CCC(n2nnc3cc(F)ccc32)CC1)Nc1cccc(F)c1. The van der Waals surface area contributed by atoms with Crippen molar-refractivity contribution in [2.45, 2.75) is 18.9 Å². The van der Waals surface area contributed by atoms with Crippen LogP contribution in [0.15, 0.2) is 42.5 Å². The zero-order chi connectivity index (χ0) is 18.8. The number of rotatable bonds is 4. The molecular formula is C19H19F2N5O. The number of fused-ring (bicyclic) bond motifs is 1. The minimum atomic E-state index is -0.381. The van der Waals surface area contributed by atoms with Gasteiger partial charge in [0.25, 0.3) is 0 Å². The summed E-state index contributed by atoms with van der Waals surface area (Å²) in [6, 6.07) is 10.5. The van der Waals surface area contributed by atoms with Gasteiger partial charge in [0.15, 0.2) is 0 Å². The van der Waals surface area contributed by atoms with Gasteiger partial charge in [0, 0.05) is 24.8 Å². The first-order valence-electron chi connectivity index (χ1n) is 8.87. The van der Waals surface area contributed by atoms with Crippen LogP contribution in [-0.4, -0.2) is 45.4 Å². The highest BCUT2D eigenvalue weighted by Gasteiger charge is 2.24. The minimum absolute atomic E-state index is 0.166. The number of hydrogen-bond donors (Lipinski definition) is 1. The molecule has 1 amide bonds. The molecule has 140 valence electrons. The van der Waals surface area contributed by atoms with Gasteiger partial charge in [0.05, 0.1) is 18.1 Å². The van der Waals surface area contributed by atoms with Gasteiger partial charge in [-0.1, -0.05) is 11.3 Å². The molecule has 0 aliphatic carbocycles. The number of aromatic nitrogens is 3. The molecule has 1 N–H and O–H groups in total. The Hall–Kier alpha value is -2.87. The summed E-state index contributed by atoms with van der Waals surface area (Å²) in [6.07, 6.45) is 1.65. The Morgan fingerprint density at radius 2 is 1.89 bits per heavy atom. The van der Waals surface area contributed by atoms with Gasteiger partial charge in [0.1, 0.15) is 17.2 Å². The van der Waals surface area contributed by atoms with E-state index in [2.05, 4.69) is 20.5 Å². The Morgan fingerprint density at radius 1 is 1.11 bits per heavy atom. The standard InChI is InChI=1S/C19H19F2N5O/c20-13-2-1-3-15(10-13)22-19(27)12-25-8-6-16(7-9-25)26-18-5-4-14(21)11-17(18)23-24-26/h1-5,10-11,16H,6-9,12H2,(H,22,27). The van der Waals surface area contributed by atoms with Gasteiger partial charge in [-0.15, -0.1) is 5.10 Å². The molecule has 6 nitrogen and oxygen atoms in total. The summed E-state index contributed by atoms with van der Waals surface area (Å²) >= 11 is 0. The summed E-state index contributed by atoms with van der Waals surface area (Å²) in [5.41, 5.74) is 1.82. The second-order valence-corrected chi connectivity index (χ2v) is 6.73. The fourth-order valence-electron chi connectivity index (χ4n) is 3.48. The van der Waals surface area contributed by atoms with Gasteiger partial charge < -0.3 is 5.32 Å². The van der Waals surface area contributed by atoms with Crippen molar-refractivity contribution in [2.24, 2.45) is 0 Å². The summed E-state index contributed by atoms with van der Waals surface area (Å²) in [4.78, 5) is 14.2. The minimum Gasteiger partial charge on any atom is -0.325 e. The molecule has 1 fully saturated rings. The Morgan fingerprint density at radius 3 is 2.67 bits per heavy atom. The van der Waals surface area contributed by atoms with Crippen molar-refractivity contribution in [2.75, 3.05) is 25.0 Å². The monoisotopic (exact) mass is 371 g/mol. The first kappa shape index (κ1) is 17.5. The molecule has 1 saturated heterocycles. The van der Waals surface area contributed by atoms with E-state index in [-0.39, 0.29) is 30.1 Å². The van der Waals surface area contributed by atoms with E-state index in [0.29, 0.717) is 11.2 Å². The molecule has 1 aliphatic rings.